The highest BCUT2D eigenvalue weighted by Gasteiger charge is 2.34. The molecule has 0 aromatic heterocycles. The van der Waals surface area contributed by atoms with Crippen molar-refractivity contribution in [3.05, 3.63) is 41.2 Å². The second kappa shape index (κ2) is 4.84. The molecule has 0 bridgehead atoms. The highest BCUT2D eigenvalue weighted by atomic mass is 19.1. The number of methoxy groups -OCH3 is 1. The summed E-state index contributed by atoms with van der Waals surface area (Å²) in [7, 11) is 1.05. The molecule has 0 unspecified atom stereocenters. The van der Waals surface area contributed by atoms with Crippen molar-refractivity contribution in [2.75, 3.05) is 7.11 Å². The van der Waals surface area contributed by atoms with E-state index in [4.69, 9.17) is 0 Å². The van der Waals surface area contributed by atoms with Crippen LogP contribution in [0.4, 0.5) is 13.2 Å². The van der Waals surface area contributed by atoms with Crippen molar-refractivity contribution in [1.29, 1.82) is 0 Å². The van der Waals surface area contributed by atoms with E-state index < -0.39 is 23.4 Å². The molecule has 1 aliphatic carbocycles. The van der Waals surface area contributed by atoms with Crippen LogP contribution >= 0.6 is 0 Å². The number of esters is 1. The van der Waals surface area contributed by atoms with E-state index in [1.807, 2.05) is 0 Å². The van der Waals surface area contributed by atoms with Crippen molar-refractivity contribution in [3.8, 4) is 0 Å². The lowest BCUT2D eigenvalue weighted by Gasteiger charge is -2.09. The van der Waals surface area contributed by atoms with E-state index in [1.54, 1.807) is 0 Å². The van der Waals surface area contributed by atoms with Crippen LogP contribution in [0.25, 0.3) is 5.57 Å². The van der Waals surface area contributed by atoms with E-state index in [0.29, 0.717) is 18.9 Å². The second-order valence-electron chi connectivity index (χ2n) is 4.12. The van der Waals surface area contributed by atoms with Crippen LogP contribution < -0.4 is 0 Å². The van der Waals surface area contributed by atoms with Crippen LogP contribution in [0.2, 0.25) is 0 Å². The predicted octanol–water partition coefficient (Wildman–Crippen LogP) is 3.23. The van der Waals surface area contributed by atoms with Crippen LogP contribution in [0.5, 0.6) is 0 Å². The Bertz CT molecular complexity index is 519. The first-order valence-corrected chi connectivity index (χ1v) is 5.48. The van der Waals surface area contributed by atoms with Gasteiger partial charge in [0.25, 0.3) is 0 Å². The molecule has 0 spiro atoms. The van der Waals surface area contributed by atoms with Crippen LogP contribution in [0.3, 0.4) is 0 Å². The molecule has 1 saturated carbocycles. The first-order chi connectivity index (χ1) is 8.54. The minimum atomic E-state index is -1.14. The molecular weight excluding hydrogens is 245 g/mol. The van der Waals surface area contributed by atoms with Crippen LogP contribution in [0.1, 0.15) is 18.4 Å². The van der Waals surface area contributed by atoms with E-state index in [-0.39, 0.29) is 17.1 Å². The highest BCUT2D eigenvalue weighted by Crippen LogP contribution is 2.44. The van der Waals surface area contributed by atoms with E-state index in [0.717, 1.165) is 19.2 Å². The SMILES string of the molecule is COC(=O)C(F)=C(c1ccc(F)cc1F)C1CC1. The fourth-order valence-corrected chi connectivity index (χ4v) is 1.80. The number of hydrogen-bond acceptors (Lipinski definition) is 2. The normalized spacial score (nSPS) is 16.2. The molecule has 2 nitrogen and oxygen atoms in total. The van der Waals surface area contributed by atoms with Gasteiger partial charge in [0.15, 0.2) is 0 Å². The van der Waals surface area contributed by atoms with Gasteiger partial charge < -0.3 is 4.74 Å². The molecule has 5 heteroatoms. The number of allylic oxidation sites excluding steroid dienone is 1. The Hall–Kier alpha value is -1.78. The Morgan fingerprint density at radius 2 is 2.00 bits per heavy atom. The van der Waals surface area contributed by atoms with E-state index >= 15 is 0 Å². The van der Waals surface area contributed by atoms with Crippen LogP contribution in [0, 0.1) is 17.6 Å². The molecule has 0 atom stereocenters. The van der Waals surface area contributed by atoms with Gasteiger partial charge in [-0.1, -0.05) is 0 Å². The minimum Gasteiger partial charge on any atom is -0.464 e. The molecule has 96 valence electrons. The minimum absolute atomic E-state index is 0.0284. The maximum atomic E-state index is 13.9. The average Bonchev–Trinajstić information content (AvgIpc) is 3.15. The highest BCUT2D eigenvalue weighted by molar-refractivity contribution is 5.96. The van der Waals surface area contributed by atoms with Gasteiger partial charge in [-0.05, 0) is 30.9 Å². The Balaban J connectivity index is 2.51. The topological polar surface area (TPSA) is 26.3 Å². The van der Waals surface area contributed by atoms with Gasteiger partial charge in [-0.2, -0.15) is 4.39 Å². The molecule has 1 aliphatic rings. The standard InChI is InChI=1S/C13H11F3O2/c1-18-13(17)12(16)11(7-2-3-7)9-5-4-8(14)6-10(9)15/h4-7H,2-3H2,1H3. The number of carbonyl (C=O) groups excluding carboxylic acids is 1. The summed E-state index contributed by atoms with van der Waals surface area (Å²) in [6, 6.07) is 2.84. The van der Waals surface area contributed by atoms with Gasteiger partial charge in [-0.3, -0.25) is 0 Å². The third-order valence-electron chi connectivity index (χ3n) is 2.81. The summed E-state index contributed by atoms with van der Waals surface area (Å²) in [5.74, 6) is -4.07. The molecule has 0 N–H and O–H groups in total. The first-order valence-electron chi connectivity index (χ1n) is 5.48. The second-order valence-corrected chi connectivity index (χ2v) is 4.12. The third-order valence-corrected chi connectivity index (χ3v) is 2.81. The maximum absolute atomic E-state index is 13.9. The Morgan fingerprint density at radius 3 is 2.50 bits per heavy atom. The van der Waals surface area contributed by atoms with Crippen molar-refractivity contribution in [2.45, 2.75) is 12.8 Å². The molecule has 1 aromatic rings. The largest absolute Gasteiger partial charge is 0.464 e. The Labute approximate surface area is 102 Å². The molecule has 0 heterocycles. The fourth-order valence-electron chi connectivity index (χ4n) is 1.80. The smallest absolute Gasteiger partial charge is 0.367 e. The quantitative estimate of drug-likeness (QED) is 0.613. The first kappa shape index (κ1) is 12.7. The zero-order valence-electron chi connectivity index (χ0n) is 9.67. The monoisotopic (exact) mass is 256 g/mol. The van der Waals surface area contributed by atoms with Crippen LogP contribution in [0.15, 0.2) is 24.0 Å². The van der Waals surface area contributed by atoms with Crippen LogP contribution in [-0.2, 0) is 9.53 Å². The Morgan fingerprint density at radius 1 is 1.33 bits per heavy atom. The van der Waals surface area contributed by atoms with Crippen LogP contribution in [-0.4, -0.2) is 13.1 Å². The molecule has 0 radical (unpaired) electrons. The summed E-state index contributed by atoms with van der Waals surface area (Å²) in [6.07, 6.45) is 1.35. The maximum Gasteiger partial charge on any atom is 0.367 e. The molecule has 2 rings (SSSR count). The van der Waals surface area contributed by atoms with Gasteiger partial charge >= 0.3 is 5.97 Å². The number of hydrogen-bond donors (Lipinski definition) is 0. The van der Waals surface area contributed by atoms with E-state index in [2.05, 4.69) is 4.74 Å². The van der Waals surface area contributed by atoms with Gasteiger partial charge in [0.05, 0.1) is 7.11 Å². The van der Waals surface area contributed by atoms with Gasteiger partial charge in [0, 0.05) is 17.2 Å². The lowest BCUT2D eigenvalue weighted by atomic mass is 9.99. The van der Waals surface area contributed by atoms with Gasteiger partial charge in [0.2, 0.25) is 5.83 Å². The zero-order valence-corrected chi connectivity index (χ0v) is 9.67. The number of ether oxygens (including phenoxy) is 1. The summed E-state index contributed by atoms with van der Waals surface area (Å²) >= 11 is 0. The van der Waals surface area contributed by atoms with Gasteiger partial charge in [0.1, 0.15) is 11.6 Å². The van der Waals surface area contributed by atoms with Gasteiger partial charge in [-0.25, -0.2) is 13.6 Å². The van der Waals surface area contributed by atoms with E-state index in [9.17, 15) is 18.0 Å². The fraction of sp³-hybridized carbons (Fsp3) is 0.308. The molecule has 18 heavy (non-hydrogen) atoms. The average molecular weight is 256 g/mol. The number of rotatable bonds is 3. The van der Waals surface area contributed by atoms with Crippen molar-refractivity contribution >= 4 is 11.5 Å². The molecular formula is C13H11F3O2. The number of benzene rings is 1. The summed E-state index contributed by atoms with van der Waals surface area (Å²) in [4.78, 5) is 11.2. The van der Waals surface area contributed by atoms with Crippen molar-refractivity contribution < 1.29 is 22.7 Å². The summed E-state index contributed by atoms with van der Waals surface area (Å²) in [6.45, 7) is 0. The summed E-state index contributed by atoms with van der Waals surface area (Å²) in [5.41, 5.74) is -0.110. The third kappa shape index (κ3) is 2.39. The molecule has 1 fully saturated rings. The lowest BCUT2D eigenvalue weighted by molar-refractivity contribution is -0.137. The molecule has 0 aliphatic heterocycles. The van der Waals surface area contributed by atoms with Gasteiger partial charge in [-0.15, -0.1) is 0 Å². The number of halogens is 3. The molecule has 0 amide bonds. The summed E-state index contributed by atoms with van der Waals surface area (Å²) < 4.78 is 44.6. The number of carbonyl (C=O) groups is 1. The molecule has 1 aromatic carbocycles. The van der Waals surface area contributed by atoms with Crippen molar-refractivity contribution in [3.63, 3.8) is 0 Å². The summed E-state index contributed by atoms with van der Waals surface area (Å²) in [5, 5.41) is 0. The van der Waals surface area contributed by atoms with Crippen molar-refractivity contribution in [2.24, 2.45) is 5.92 Å². The Kier molecular flexibility index (Phi) is 3.41. The molecule has 0 saturated heterocycles. The van der Waals surface area contributed by atoms with E-state index in [1.165, 1.54) is 0 Å². The zero-order chi connectivity index (χ0) is 13.3. The van der Waals surface area contributed by atoms with Crippen molar-refractivity contribution in [1.82, 2.24) is 0 Å². The lowest BCUT2D eigenvalue weighted by Crippen LogP contribution is -2.06. The predicted molar refractivity (Wildman–Crippen MR) is 59.1 cm³/mol.